The Balaban J connectivity index is 2.12. The van der Waals surface area contributed by atoms with Gasteiger partial charge in [0.1, 0.15) is 5.82 Å². The fourth-order valence-electron chi connectivity index (χ4n) is 2.46. The summed E-state index contributed by atoms with van der Waals surface area (Å²) in [6, 6.07) is 9.26. The van der Waals surface area contributed by atoms with E-state index in [1.165, 1.54) is 11.6 Å². The summed E-state index contributed by atoms with van der Waals surface area (Å²) in [4.78, 5) is 4.03. The second kappa shape index (κ2) is 7.15. The van der Waals surface area contributed by atoms with Gasteiger partial charge in [-0.2, -0.15) is 0 Å². The third-order valence-electron chi connectivity index (χ3n) is 3.54. The first-order chi connectivity index (χ1) is 9.70. The minimum Gasteiger partial charge on any atom is -0.310 e. The molecule has 1 unspecified atom stereocenters. The highest BCUT2D eigenvalue weighted by atomic mass is 19.1. The van der Waals surface area contributed by atoms with Crippen molar-refractivity contribution in [2.24, 2.45) is 0 Å². The lowest BCUT2D eigenvalue weighted by atomic mass is 9.95. The molecule has 0 aliphatic carbocycles. The lowest BCUT2D eigenvalue weighted by Crippen LogP contribution is -2.22. The number of benzene rings is 1. The number of pyridine rings is 1. The molecule has 0 spiro atoms. The zero-order chi connectivity index (χ0) is 14.4. The van der Waals surface area contributed by atoms with Crippen molar-refractivity contribution in [3.05, 3.63) is 65.2 Å². The van der Waals surface area contributed by atoms with Gasteiger partial charge in [0, 0.05) is 18.4 Å². The molecular weight excluding hydrogens is 251 g/mol. The molecule has 2 rings (SSSR count). The molecule has 0 radical (unpaired) electrons. The molecule has 0 bridgehead atoms. The van der Waals surface area contributed by atoms with Crippen LogP contribution in [-0.4, -0.2) is 11.5 Å². The largest absolute Gasteiger partial charge is 0.310 e. The van der Waals surface area contributed by atoms with E-state index in [1.807, 2.05) is 37.5 Å². The van der Waals surface area contributed by atoms with Crippen LogP contribution in [0.25, 0.3) is 0 Å². The number of aryl methyl sites for hydroxylation is 2. The Labute approximate surface area is 120 Å². The Bertz CT molecular complexity index is 540. The Kier molecular flexibility index (Phi) is 5.24. The molecule has 1 aromatic heterocycles. The average molecular weight is 272 g/mol. The van der Waals surface area contributed by atoms with Crippen molar-refractivity contribution >= 4 is 0 Å². The van der Waals surface area contributed by atoms with E-state index >= 15 is 0 Å². The molecule has 1 atom stereocenters. The zero-order valence-corrected chi connectivity index (χ0v) is 12.1. The van der Waals surface area contributed by atoms with Gasteiger partial charge in [0.15, 0.2) is 0 Å². The molecule has 0 saturated heterocycles. The topological polar surface area (TPSA) is 24.9 Å². The second-order valence-electron chi connectivity index (χ2n) is 5.01. The first kappa shape index (κ1) is 14.7. The van der Waals surface area contributed by atoms with Crippen LogP contribution in [0.5, 0.6) is 0 Å². The number of aromatic nitrogens is 1. The molecule has 20 heavy (non-hydrogen) atoms. The van der Waals surface area contributed by atoms with E-state index in [0.29, 0.717) is 0 Å². The van der Waals surface area contributed by atoms with Crippen molar-refractivity contribution in [2.75, 3.05) is 6.54 Å². The molecule has 1 heterocycles. The number of halogens is 1. The van der Waals surface area contributed by atoms with E-state index in [9.17, 15) is 4.39 Å². The molecule has 3 heteroatoms. The van der Waals surface area contributed by atoms with Crippen molar-refractivity contribution in [2.45, 2.75) is 32.7 Å². The maximum absolute atomic E-state index is 13.5. The summed E-state index contributed by atoms with van der Waals surface area (Å²) in [5.74, 6) is -0.169. The highest BCUT2D eigenvalue weighted by Gasteiger charge is 2.13. The van der Waals surface area contributed by atoms with Crippen LogP contribution >= 0.6 is 0 Å². The fourth-order valence-corrected chi connectivity index (χ4v) is 2.46. The minimum absolute atomic E-state index is 0.169. The Morgan fingerprint density at radius 1 is 1.20 bits per heavy atom. The molecular formula is C17H21FN2. The lowest BCUT2D eigenvalue weighted by Gasteiger charge is -2.20. The van der Waals surface area contributed by atoms with Gasteiger partial charge in [-0.15, -0.1) is 0 Å². The smallest absolute Gasteiger partial charge is 0.123 e. The number of nitrogens with zero attached hydrogens (tertiary/aromatic N) is 1. The van der Waals surface area contributed by atoms with E-state index < -0.39 is 0 Å². The van der Waals surface area contributed by atoms with E-state index in [2.05, 4.69) is 17.2 Å². The van der Waals surface area contributed by atoms with Crippen molar-refractivity contribution in [1.29, 1.82) is 0 Å². The SMILES string of the molecule is CCNC(CCc1ccncc1)c1cc(F)ccc1C. The highest BCUT2D eigenvalue weighted by Crippen LogP contribution is 2.23. The predicted molar refractivity (Wildman–Crippen MR) is 80.1 cm³/mol. The summed E-state index contributed by atoms with van der Waals surface area (Å²) >= 11 is 0. The van der Waals surface area contributed by atoms with E-state index in [0.717, 1.165) is 30.5 Å². The molecule has 0 aliphatic rings. The van der Waals surface area contributed by atoms with Crippen molar-refractivity contribution in [3.8, 4) is 0 Å². The monoisotopic (exact) mass is 272 g/mol. The van der Waals surface area contributed by atoms with Crippen molar-refractivity contribution in [3.63, 3.8) is 0 Å². The van der Waals surface area contributed by atoms with Crippen LogP contribution in [0.2, 0.25) is 0 Å². The Morgan fingerprint density at radius 2 is 1.95 bits per heavy atom. The quantitative estimate of drug-likeness (QED) is 0.865. The van der Waals surface area contributed by atoms with E-state index in [4.69, 9.17) is 0 Å². The van der Waals surface area contributed by atoms with Gasteiger partial charge >= 0.3 is 0 Å². The summed E-state index contributed by atoms with van der Waals surface area (Å²) < 4.78 is 13.5. The number of nitrogens with one attached hydrogen (secondary N) is 1. The van der Waals surface area contributed by atoms with Crippen molar-refractivity contribution in [1.82, 2.24) is 10.3 Å². The van der Waals surface area contributed by atoms with Crippen LogP contribution in [0.1, 0.15) is 36.1 Å². The van der Waals surface area contributed by atoms with Crippen LogP contribution in [0.15, 0.2) is 42.7 Å². The molecule has 0 saturated carbocycles. The normalized spacial score (nSPS) is 12.3. The lowest BCUT2D eigenvalue weighted by molar-refractivity contribution is 0.508. The molecule has 0 aliphatic heterocycles. The van der Waals surface area contributed by atoms with Gasteiger partial charge in [-0.25, -0.2) is 4.39 Å². The standard InChI is InChI=1S/C17H21FN2/c1-3-20-17(7-5-14-8-10-19-11-9-14)16-12-15(18)6-4-13(16)2/h4,6,8-12,17,20H,3,5,7H2,1-2H3. The van der Waals surface area contributed by atoms with Gasteiger partial charge in [0.05, 0.1) is 0 Å². The molecule has 2 nitrogen and oxygen atoms in total. The maximum atomic E-state index is 13.5. The van der Waals surface area contributed by atoms with Crippen molar-refractivity contribution < 1.29 is 4.39 Å². The summed E-state index contributed by atoms with van der Waals surface area (Å²) in [6.45, 7) is 4.98. The third kappa shape index (κ3) is 3.87. The summed E-state index contributed by atoms with van der Waals surface area (Å²) in [7, 11) is 0. The van der Waals surface area contributed by atoms with E-state index in [1.54, 1.807) is 6.07 Å². The summed E-state index contributed by atoms with van der Waals surface area (Å²) in [5, 5.41) is 3.45. The van der Waals surface area contributed by atoms with Gasteiger partial charge in [-0.1, -0.05) is 13.0 Å². The van der Waals surface area contributed by atoms with Crippen LogP contribution < -0.4 is 5.32 Å². The fraction of sp³-hybridized carbons (Fsp3) is 0.353. The van der Waals surface area contributed by atoms with Crippen LogP contribution in [0.3, 0.4) is 0 Å². The minimum atomic E-state index is -0.169. The number of hydrogen-bond acceptors (Lipinski definition) is 2. The predicted octanol–water partition coefficient (Wildman–Crippen LogP) is 3.81. The first-order valence-corrected chi connectivity index (χ1v) is 7.09. The first-order valence-electron chi connectivity index (χ1n) is 7.09. The third-order valence-corrected chi connectivity index (χ3v) is 3.54. The summed E-state index contributed by atoms with van der Waals surface area (Å²) in [6.07, 6.45) is 5.52. The van der Waals surface area contributed by atoms with Crippen LogP contribution in [0, 0.1) is 12.7 Å². The zero-order valence-electron chi connectivity index (χ0n) is 12.1. The van der Waals surface area contributed by atoms with Gasteiger partial charge in [0.2, 0.25) is 0 Å². The molecule has 2 aromatic rings. The van der Waals surface area contributed by atoms with Gasteiger partial charge in [-0.3, -0.25) is 4.98 Å². The number of rotatable bonds is 6. The Hall–Kier alpha value is -1.74. The molecule has 1 aromatic carbocycles. The Morgan fingerprint density at radius 3 is 2.65 bits per heavy atom. The van der Waals surface area contributed by atoms with Crippen LogP contribution in [-0.2, 0) is 6.42 Å². The van der Waals surface area contributed by atoms with Gasteiger partial charge in [-0.05, 0) is 67.3 Å². The summed E-state index contributed by atoms with van der Waals surface area (Å²) in [5.41, 5.74) is 3.45. The average Bonchev–Trinajstić information content (AvgIpc) is 2.47. The number of hydrogen-bond donors (Lipinski definition) is 1. The van der Waals surface area contributed by atoms with Gasteiger partial charge in [0.25, 0.3) is 0 Å². The maximum Gasteiger partial charge on any atom is 0.123 e. The molecule has 1 N–H and O–H groups in total. The van der Waals surface area contributed by atoms with E-state index in [-0.39, 0.29) is 11.9 Å². The molecule has 0 amide bonds. The molecule has 106 valence electrons. The molecule has 0 fully saturated rings. The second-order valence-corrected chi connectivity index (χ2v) is 5.01. The van der Waals surface area contributed by atoms with Crippen LogP contribution in [0.4, 0.5) is 4.39 Å². The van der Waals surface area contributed by atoms with Gasteiger partial charge < -0.3 is 5.32 Å². The highest BCUT2D eigenvalue weighted by molar-refractivity contribution is 5.30.